The van der Waals surface area contributed by atoms with Crippen LogP contribution >= 0.6 is 0 Å². The van der Waals surface area contributed by atoms with Crippen LogP contribution in [0.5, 0.6) is 11.5 Å². The van der Waals surface area contributed by atoms with Gasteiger partial charge in [-0.1, -0.05) is 32.9 Å². The molecule has 83 heavy (non-hydrogen) atoms. The SMILES string of the molecule is CC(C)(C)c1ccnc(-n2c3ccccc3c3ccc(Oc4ccc5c(c4)n4[c](=[Pt])n(-c6c(-c7ccccc7)cccc6-c6ccccc6)c6cccc(c7ccccc7n5-c5c(-c7ccccc7)cccc5-c5ccccc5)c64)cc32)c1. The zero-order valence-electron chi connectivity index (χ0n) is 46.0. The summed E-state index contributed by atoms with van der Waals surface area (Å²) in [5, 5.41) is 4.51. The fourth-order valence-corrected chi connectivity index (χ4v) is 13.5. The molecule has 0 atom stereocenters. The minimum atomic E-state index is -0.0577. The van der Waals surface area contributed by atoms with Gasteiger partial charge in [0.2, 0.25) is 0 Å². The van der Waals surface area contributed by atoms with E-state index in [9.17, 15) is 0 Å². The number of fused-ring (bicyclic) bond motifs is 7. The molecule has 0 radical (unpaired) electrons. The number of rotatable bonds is 9. The number of hydrogen-bond acceptors (Lipinski definition) is 2. The molecule has 0 saturated heterocycles. The Bertz CT molecular complexity index is 4990. The van der Waals surface area contributed by atoms with Crippen molar-refractivity contribution in [3.63, 3.8) is 0 Å². The van der Waals surface area contributed by atoms with E-state index >= 15 is 0 Å². The third-order valence-corrected chi connectivity index (χ3v) is 17.3. The summed E-state index contributed by atoms with van der Waals surface area (Å²) in [6.45, 7) is 6.74. The van der Waals surface area contributed by atoms with E-state index in [1.54, 1.807) is 0 Å². The van der Waals surface area contributed by atoms with E-state index in [1.807, 2.05) is 6.20 Å². The summed E-state index contributed by atoms with van der Waals surface area (Å²) in [5.74, 6) is 2.29. The van der Waals surface area contributed by atoms with Crippen LogP contribution in [0.2, 0.25) is 0 Å². The van der Waals surface area contributed by atoms with Crippen molar-refractivity contribution in [1.82, 2.24) is 23.1 Å². The summed E-state index contributed by atoms with van der Waals surface area (Å²) in [5.41, 5.74) is 19.6. The molecule has 15 rings (SSSR count). The fraction of sp³-hybridized carbons (Fsp3) is 0.0526. The van der Waals surface area contributed by atoms with Crippen LogP contribution in [0.15, 0.2) is 279 Å². The second-order valence-corrected chi connectivity index (χ2v) is 23.3. The number of imidazole rings is 1. The zero-order chi connectivity index (χ0) is 55.8. The first-order valence-corrected chi connectivity index (χ1v) is 29.3. The van der Waals surface area contributed by atoms with Gasteiger partial charge in [0.15, 0.2) is 0 Å². The molecule has 0 spiro atoms. The minimum absolute atomic E-state index is 0.0577. The van der Waals surface area contributed by atoms with Crippen molar-refractivity contribution < 1.29 is 24.1 Å². The third-order valence-electron chi connectivity index (χ3n) is 16.3. The summed E-state index contributed by atoms with van der Waals surface area (Å²) in [6.07, 6.45) is 1.93. The number of ether oxygens (including phenoxy) is 1. The first-order valence-electron chi connectivity index (χ1n) is 28.2. The third kappa shape index (κ3) is 8.51. The van der Waals surface area contributed by atoms with Crippen LogP contribution in [0.25, 0.3) is 122 Å². The van der Waals surface area contributed by atoms with Gasteiger partial charge in [-0.25, -0.2) is 0 Å². The fourth-order valence-electron chi connectivity index (χ4n) is 12.4. The van der Waals surface area contributed by atoms with Gasteiger partial charge in [-0.05, 0) is 17.0 Å². The quantitative estimate of drug-likeness (QED) is 0.145. The average Bonchev–Trinajstić information content (AvgIpc) is 2.84. The summed E-state index contributed by atoms with van der Waals surface area (Å²) < 4.78 is 18.0. The van der Waals surface area contributed by atoms with E-state index < -0.39 is 0 Å². The van der Waals surface area contributed by atoms with Crippen molar-refractivity contribution in [1.29, 1.82) is 0 Å². The molecular weight excluding hydrogens is 1190 g/mol. The number of hydrogen-bond donors (Lipinski definition) is 0. The van der Waals surface area contributed by atoms with Gasteiger partial charge in [0.25, 0.3) is 0 Å². The van der Waals surface area contributed by atoms with Gasteiger partial charge in [0, 0.05) is 6.20 Å². The molecular formula is C76H55N5OPt. The molecule has 0 aliphatic rings. The number of benzene rings is 11. The molecule has 4 aromatic heterocycles. The van der Waals surface area contributed by atoms with Crippen molar-refractivity contribution in [2.24, 2.45) is 0 Å². The second kappa shape index (κ2) is 20.3. The number of nitrogens with zero attached hydrogens (tertiary/aromatic N) is 5. The molecule has 0 saturated carbocycles. The van der Waals surface area contributed by atoms with Crippen LogP contribution < -0.4 is 4.74 Å². The Labute approximate surface area is 492 Å². The first kappa shape index (κ1) is 50.1. The van der Waals surface area contributed by atoms with Crippen LogP contribution in [-0.2, 0) is 24.8 Å². The van der Waals surface area contributed by atoms with Crippen LogP contribution in [0, 0.1) is 3.80 Å². The molecule has 11 aromatic carbocycles. The van der Waals surface area contributed by atoms with Gasteiger partial charge in [-0.15, -0.1) is 0 Å². The van der Waals surface area contributed by atoms with Gasteiger partial charge in [-0.2, -0.15) is 0 Å². The molecule has 0 bridgehead atoms. The maximum absolute atomic E-state index is 7.28. The van der Waals surface area contributed by atoms with E-state index in [0.29, 0.717) is 5.75 Å². The van der Waals surface area contributed by atoms with Gasteiger partial charge in [0.1, 0.15) is 0 Å². The normalized spacial score (nSPS) is 11.9. The molecule has 0 fully saturated rings. The molecule has 4 heterocycles. The Balaban J connectivity index is 1.08. The van der Waals surface area contributed by atoms with E-state index in [0.717, 1.165) is 131 Å². The predicted octanol–water partition coefficient (Wildman–Crippen LogP) is 19.9. The Kier molecular flexibility index (Phi) is 12.2. The van der Waals surface area contributed by atoms with E-state index in [2.05, 4.69) is 331 Å². The van der Waals surface area contributed by atoms with Crippen molar-refractivity contribution in [2.75, 3.05) is 0 Å². The van der Waals surface area contributed by atoms with E-state index in [4.69, 9.17) is 9.72 Å². The van der Waals surface area contributed by atoms with Gasteiger partial charge >= 0.3 is 439 Å². The van der Waals surface area contributed by atoms with Crippen molar-refractivity contribution in [3.8, 4) is 73.2 Å². The number of pyridine rings is 1. The Morgan fingerprint density at radius 1 is 0.349 bits per heavy atom. The maximum atomic E-state index is 7.28. The van der Waals surface area contributed by atoms with Crippen molar-refractivity contribution in [2.45, 2.75) is 26.2 Å². The Hall–Kier alpha value is -9.87. The Morgan fingerprint density at radius 2 is 0.783 bits per heavy atom. The zero-order valence-corrected chi connectivity index (χ0v) is 48.3. The number of aromatic nitrogens is 5. The number of para-hydroxylation sites is 5. The molecule has 0 N–H and O–H groups in total. The molecule has 400 valence electrons. The molecule has 0 unspecified atom stereocenters. The molecule has 0 aliphatic heterocycles. The predicted molar refractivity (Wildman–Crippen MR) is 340 cm³/mol. The monoisotopic (exact) mass is 1250 g/mol. The van der Waals surface area contributed by atoms with Crippen LogP contribution in [0.4, 0.5) is 0 Å². The van der Waals surface area contributed by atoms with Gasteiger partial charge in [0.05, 0.1) is 0 Å². The van der Waals surface area contributed by atoms with Gasteiger partial charge in [-0.3, -0.25) is 0 Å². The standard InChI is InChI=1S/C76H55N5O.Pt/c1-76(2,3)55-45-46-77-72(47-55)80-66-38-18-16-31-62(66)64-43-41-56(48-70(64)80)82-57-42-44-68-71(49-57)79-50-78(73-58(51-23-8-4-9-24-51)33-20-34-59(73)52-25-10-5-11-26-52)69-40-22-37-65(75(69)79)63-32-17-19-39-67(63)81(68)74-60(53-27-12-6-13-28-53)35-21-36-61(74)54-29-14-7-15-30-54;/h4-49H,1-3H3;. The second-order valence-electron chi connectivity index (χ2n) is 22.2. The average molecular weight is 1250 g/mol. The van der Waals surface area contributed by atoms with Gasteiger partial charge < -0.3 is 0 Å². The topological polar surface area (TPSA) is 41.3 Å². The molecule has 7 heteroatoms. The van der Waals surface area contributed by atoms with Crippen LogP contribution in [-0.4, -0.2) is 23.1 Å². The van der Waals surface area contributed by atoms with Crippen LogP contribution in [0.3, 0.4) is 0 Å². The summed E-state index contributed by atoms with van der Waals surface area (Å²) in [4.78, 5) is 5.00. The first-order chi connectivity index (χ1) is 40.8. The van der Waals surface area contributed by atoms with E-state index in [-0.39, 0.29) is 5.41 Å². The van der Waals surface area contributed by atoms with Crippen molar-refractivity contribution in [3.05, 3.63) is 289 Å². The summed E-state index contributed by atoms with van der Waals surface area (Å²) in [6, 6.07) is 98.5. The molecule has 0 amide bonds. The van der Waals surface area contributed by atoms with E-state index in [1.165, 1.54) is 5.56 Å². The molecule has 15 aromatic rings. The Morgan fingerprint density at radius 3 is 1.34 bits per heavy atom. The van der Waals surface area contributed by atoms with Crippen LogP contribution in [0.1, 0.15) is 26.3 Å². The summed E-state index contributed by atoms with van der Waals surface area (Å²) in [7, 11) is 0. The summed E-state index contributed by atoms with van der Waals surface area (Å²) >= 11 is 2.60. The molecule has 0 aliphatic carbocycles. The molecule has 6 nitrogen and oxygen atoms in total. The van der Waals surface area contributed by atoms with Crippen molar-refractivity contribution >= 4 is 60.2 Å².